The average Bonchev–Trinajstić information content (AvgIpc) is 2.78. The summed E-state index contributed by atoms with van der Waals surface area (Å²) >= 11 is 0. The molecule has 3 rings (SSSR count). The third-order valence-corrected chi connectivity index (χ3v) is 5.98. The highest BCUT2D eigenvalue weighted by molar-refractivity contribution is 7.92. The minimum Gasteiger partial charge on any atom is -0.478 e. The number of rotatable bonds is 3. The molecular formula is C20H24N2O4S. The molecule has 0 spiro atoms. The third-order valence-electron chi connectivity index (χ3n) is 4.80. The molecule has 27 heavy (non-hydrogen) atoms. The highest BCUT2D eigenvalue weighted by Gasteiger charge is 2.31. The maximum Gasteiger partial charge on any atom is 0.265 e. The Morgan fingerprint density at radius 3 is 2.63 bits per heavy atom. The van der Waals surface area contributed by atoms with Gasteiger partial charge >= 0.3 is 0 Å². The van der Waals surface area contributed by atoms with Crippen LogP contribution in [0, 0.1) is 20.8 Å². The number of fused-ring (bicyclic) bond motifs is 1. The Kier molecular flexibility index (Phi) is 5.15. The molecule has 1 aliphatic heterocycles. The van der Waals surface area contributed by atoms with Crippen LogP contribution in [0.25, 0.3) is 0 Å². The summed E-state index contributed by atoms with van der Waals surface area (Å²) in [4.78, 5) is 12.8. The molecule has 7 heteroatoms. The summed E-state index contributed by atoms with van der Waals surface area (Å²) in [6.07, 6.45) is 0.644. The van der Waals surface area contributed by atoms with Crippen LogP contribution in [-0.4, -0.2) is 33.2 Å². The third kappa shape index (κ3) is 4.08. The van der Waals surface area contributed by atoms with Gasteiger partial charge in [0.2, 0.25) is 10.0 Å². The first-order chi connectivity index (χ1) is 12.7. The van der Waals surface area contributed by atoms with Gasteiger partial charge in [-0.2, -0.15) is 0 Å². The predicted octanol–water partition coefficient (Wildman–Crippen LogP) is 3.17. The van der Waals surface area contributed by atoms with Crippen LogP contribution in [0.15, 0.2) is 36.4 Å². The van der Waals surface area contributed by atoms with Crippen LogP contribution in [-0.2, 0) is 14.8 Å². The number of carbonyl (C=O) groups is 1. The first kappa shape index (κ1) is 19.2. The quantitative estimate of drug-likeness (QED) is 0.876. The number of anilines is 2. The zero-order valence-corrected chi connectivity index (χ0v) is 16.8. The van der Waals surface area contributed by atoms with E-state index >= 15 is 0 Å². The molecule has 6 nitrogen and oxygen atoms in total. The van der Waals surface area contributed by atoms with Gasteiger partial charge in [-0.15, -0.1) is 0 Å². The van der Waals surface area contributed by atoms with Crippen LogP contribution < -0.4 is 14.4 Å². The standard InChI is InChI=1S/C20H24N2O4S/c1-13-8-9-18-17(12-13)22(27(4,24)25)11-10-19(26-18)20(23)21-16-7-5-6-14(2)15(16)3/h5-9,12,19H,10-11H2,1-4H3,(H,21,23). The maximum absolute atomic E-state index is 12.8. The molecule has 0 radical (unpaired) electrons. The fourth-order valence-electron chi connectivity index (χ4n) is 3.12. The van der Waals surface area contributed by atoms with E-state index in [0.717, 1.165) is 28.6 Å². The number of benzene rings is 2. The summed E-state index contributed by atoms with van der Waals surface area (Å²) < 4.78 is 31.7. The summed E-state index contributed by atoms with van der Waals surface area (Å²) in [5, 5.41) is 2.91. The number of amides is 1. The second-order valence-corrected chi connectivity index (χ2v) is 8.85. The smallest absolute Gasteiger partial charge is 0.265 e. The van der Waals surface area contributed by atoms with Crippen molar-refractivity contribution in [1.82, 2.24) is 0 Å². The number of carbonyl (C=O) groups excluding carboxylic acids is 1. The summed E-state index contributed by atoms with van der Waals surface area (Å²) in [7, 11) is -3.48. The van der Waals surface area contributed by atoms with Crippen LogP contribution >= 0.6 is 0 Å². The van der Waals surface area contributed by atoms with E-state index in [1.165, 1.54) is 4.31 Å². The Labute approximate surface area is 160 Å². The molecule has 1 amide bonds. The van der Waals surface area contributed by atoms with Crippen LogP contribution in [0.4, 0.5) is 11.4 Å². The number of sulfonamides is 1. The summed E-state index contributed by atoms with van der Waals surface area (Å²) in [5.74, 6) is 0.107. The van der Waals surface area contributed by atoms with Crippen LogP contribution in [0.5, 0.6) is 5.75 Å². The van der Waals surface area contributed by atoms with Gasteiger partial charge in [0.25, 0.3) is 5.91 Å². The van der Waals surface area contributed by atoms with Crippen molar-refractivity contribution in [3.05, 3.63) is 53.1 Å². The lowest BCUT2D eigenvalue weighted by Crippen LogP contribution is -2.36. The lowest BCUT2D eigenvalue weighted by Gasteiger charge is -2.21. The number of nitrogens with zero attached hydrogens (tertiary/aromatic N) is 1. The maximum atomic E-state index is 12.8. The summed E-state index contributed by atoms with van der Waals surface area (Å²) in [5.41, 5.74) is 4.20. The van der Waals surface area contributed by atoms with Crippen molar-refractivity contribution in [2.45, 2.75) is 33.3 Å². The summed E-state index contributed by atoms with van der Waals surface area (Å²) in [6, 6.07) is 11.0. The first-order valence-corrected chi connectivity index (χ1v) is 10.6. The molecule has 0 saturated heterocycles. The minimum absolute atomic E-state index is 0.181. The van der Waals surface area contributed by atoms with E-state index in [9.17, 15) is 13.2 Å². The lowest BCUT2D eigenvalue weighted by molar-refractivity contribution is -0.122. The highest BCUT2D eigenvalue weighted by atomic mass is 32.2. The molecule has 0 aromatic heterocycles. The fraction of sp³-hybridized carbons (Fsp3) is 0.350. The molecule has 1 N–H and O–H groups in total. The van der Waals surface area contributed by atoms with Crippen molar-refractivity contribution in [2.75, 3.05) is 22.4 Å². The molecule has 0 fully saturated rings. The Morgan fingerprint density at radius 2 is 1.93 bits per heavy atom. The van der Waals surface area contributed by atoms with E-state index in [-0.39, 0.29) is 18.9 Å². The monoisotopic (exact) mass is 388 g/mol. The van der Waals surface area contributed by atoms with Gasteiger partial charge < -0.3 is 10.1 Å². The van der Waals surface area contributed by atoms with Crippen molar-refractivity contribution in [3.8, 4) is 5.75 Å². The molecule has 1 atom stereocenters. The van der Waals surface area contributed by atoms with Crippen LogP contribution in [0.2, 0.25) is 0 Å². The number of nitrogens with one attached hydrogen (secondary N) is 1. The molecule has 2 aromatic carbocycles. The summed E-state index contributed by atoms with van der Waals surface area (Å²) in [6.45, 7) is 5.99. The van der Waals surface area contributed by atoms with Gasteiger partial charge in [-0.1, -0.05) is 18.2 Å². The zero-order valence-electron chi connectivity index (χ0n) is 15.9. The van der Waals surface area contributed by atoms with Gasteiger partial charge in [0, 0.05) is 18.7 Å². The van der Waals surface area contributed by atoms with Gasteiger partial charge in [0.05, 0.1) is 11.9 Å². The molecule has 0 bridgehead atoms. The van der Waals surface area contributed by atoms with Gasteiger partial charge in [-0.3, -0.25) is 9.10 Å². The van der Waals surface area contributed by atoms with E-state index in [4.69, 9.17) is 4.74 Å². The molecule has 1 unspecified atom stereocenters. The predicted molar refractivity (Wildman–Crippen MR) is 107 cm³/mol. The van der Waals surface area contributed by atoms with Crippen LogP contribution in [0.3, 0.4) is 0 Å². The Bertz CT molecular complexity index is 985. The van der Waals surface area contributed by atoms with Gasteiger partial charge in [-0.25, -0.2) is 8.42 Å². The second-order valence-electron chi connectivity index (χ2n) is 6.94. The Hall–Kier alpha value is -2.54. The average molecular weight is 388 g/mol. The Balaban J connectivity index is 1.90. The molecular weight excluding hydrogens is 364 g/mol. The molecule has 0 saturated carbocycles. The zero-order chi connectivity index (χ0) is 19.8. The SMILES string of the molecule is Cc1ccc2c(c1)N(S(C)(=O)=O)CCC(C(=O)Nc1cccc(C)c1C)O2. The lowest BCUT2D eigenvalue weighted by atomic mass is 10.1. The van der Waals surface area contributed by atoms with Gasteiger partial charge in [0.15, 0.2) is 6.10 Å². The van der Waals surface area contributed by atoms with Gasteiger partial charge in [0.1, 0.15) is 5.75 Å². The Morgan fingerprint density at radius 1 is 1.19 bits per heavy atom. The molecule has 0 aliphatic carbocycles. The first-order valence-electron chi connectivity index (χ1n) is 8.79. The van der Waals surface area contributed by atoms with E-state index in [2.05, 4.69) is 5.32 Å². The second kappa shape index (κ2) is 7.23. The number of hydrogen-bond acceptors (Lipinski definition) is 4. The fourth-order valence-corrected chi connectivity index (χ4v) is 4.05. The normalized spacial score (nSPS) is 16.9. The van der Waals surface area contributed by atoms with E-state index in [1.54, 1.807) is 12.1 Å². The van der Waals surface area contributed by atoms with Crippen molar-refractivity contribution < 1.29 is 17.9 Å². The largest absolute Gasteiger partial charge is 0.478 e. The van der Waals surface area contributed by atoms with E-state index < -0.39 is 16.1 Å². The van der Waals surface area contributed by atoms with Crippen molar-refractivity contribution in [1.29, 1.82) is 0 Å². The van der Waals surface area contributed by atoms with Crippen molar-refractivity contribution >= 4 is 27.3 Å². The van der Waals surface area contributed by atoms with E-state index in [0.29, 0.717) is 11.4 Å². The molecule has 1 heterocycles. The molecule has 144 valence electrons. The molecule has 1 aliphatic rings. The topological polar surface area (TPSA) is 75.7 Å². The highest BCUT2D eigenvalue weighted by Crippen LogP contribution is 2.35. The molecule has 2 aromatic rings. The number of hydrogen-bond donors (Lipinski definition) is 1. The van der Waals surface area contributed by atoms with Crippen molar-refractivity contribution in [3.63, 3.8) is 0 Å². The van der Waals surface area contributed by atoms with E-state index in [1.807, 2.05) is 45.0 Å². The number of aryl methyl sites for hydroxylation is 2. The minimum atomic E-state index is -3.48. The number of ether oxygens (including phenoxy) is 1. The van der Waals surface area contributed by atoms with Crippen molar-refractivity contribution in [2.24, 2.45) is 0 Å². The van der Waals surface area contributed by atoms with Gasteiger partial charge in [-0.05, 0) is 55.7 Å². The van der Waals surface area contributed by atoms with Crippen LogP contribution in [0.1, 0.15) is 23.1 Å².